The van der Waals surface area contributed by atoms with Crippen LogP contribution < -0.4 is 20.1 Å². The third-order valence-corrected chi connectivity index (χ3v) is 3.53. The third kappa shape index (κ3) is 5.07. The first kappa shape index (κ1) is 18.5. The Bertz CT molecular complexity index is 734. The molecule has 1 aromatic heterocycles. The van der Waals surface area contributed by atoms with Gasteiger partial charge >= 0.3 is 0 Å². The molecule has 0 unspecified atom stereocenters. The van der Waals surface area contributed by atoms with Crippen LogP contribution in [0.1, 0.15) is 35.2 Å². The average Bonchev–Trinajstić information content (AvgIpc) is 2.63. The molecule has 0 fully saturated rings. The van der Waals surface area contributed by atoms with Crippen LogP contribution in [0.15, 0.2) is 24.3 Å². The predicted molar refractivity (Wildman–Crippen MR) is 96.3 cm³/mol. The molecule has 0 saturated heterocycles. The number of anilines is 1. The molecule has 0 bridgehead atoms. The SMILES string of the molecule is CCCNc1cc(C(=O)NCc2ccc(OC)c(OC)c2)nc(C)n1. The Balaban J connectivity index is 2.06. The number of carbonyl (C=O) groups is 1. The van der Waals surface area contributed by atoms with Gasteiger partial charge in [-0.25, -0.2) is 9.97 Å². The van der Waals surface area contributed by atoms with Crippen molar-refractivity contribution in [3.63, 3.8) is 0 Å². The topological polar surface area (TPSA) is 85.4 Å². The van der Waals surface area contributed by atoms with Crippen LogP contribution in [0.3, 0.4) is 0 Å². The van der Waals surface area contributed by atoms with Crippen molar-refractivity contribution in [2.45, 2.75) is 26.8 Å². The minimum atomic E-state index is -0.250. The van der Waals surface area contributed by atoms with Crippen LogP contribution in [0.4, 0.5) is 5.82 Å². The molecule has 25 heavy (non-hydrogen) atoms. The van der Waals surface area contributed by atoms with E-state index in [9.17, 15) is 4.79 Å². The van der Waals surface area contributed by atoms with Gasteiger partial charge in [0.25, 0.3) is 5.91 Å². The largest absolute Gasteiger partial charge is 0.493 e. The second-order valence-electron chi connectivity index (χ2n) is 5.48. The number of ether oxygens (including phenoxy) is 2. The molecule has 7 heteroatoms. The number of amides is 1. The van der Waals surface area contributed by atoms with Gasteiger partial charge < -0.3 is 20.1 Å². The van der Waals surface area contributed by atoms with Crippen LogP contribution in [0, 0.1) is 6.92 Å². The van der Waals surface area contributed by atoms with Crippen molar-refractivity contribution >= 4 is 11.7 Å². The monoisotopic (exact) mass is 344 g/mol. The number of hydrogen-bond donors (Lipinski definition) is 2. The summed E-state index contributed by atoms with van der Waals surface area (Å²) in [5.41, 5.74) is 1.24. The Kier molecular flexibility index (Phi) is 6.56. The molecule has 2 rings (SSSR count). The number of methoxy groups -OCH3 is 2. The number of nitrogens with zero attached hydrogens (tertiary/aromatic N) is 2. The Hall–Kier alpha value is -2.83. The van der Waals surface area contributed by atoms with Crippen LogP contribution in [0.2, 0.25) is 0 Å². The molecule has 134 valence electrons. The van der Waals surface area contributed by atoms with Crippen LogP contribution in [-0.2, 0) is 6.54 Å². The van der Waals surface area contributed by atoms with Crippen LogP contribution >= 0.6 is 0 Å². The van der Waals surface area contributed by atoms with Crippen molar-refractivity contribution in [3.8, 4) is 11.5 Å². The highest BCUT2D eigenvalue weighted by molar-refractivity contribution is 5.92. The van der Waals surface area contributed by atoms with E-state index < -0.39 is 0 Å². The summed E-state index contributed by atoms with van der Waals surface area (Å²) in [6.07, 6.45) is 0.976. The fourth-order valence-electron chi connectivity index (χ4n) is 2.29. The summed E-state index contributed by atoms with van der Waals surface area (Å²) in [6.45, 7) is 4.99. The van der Waals surface area contributed by atoms with Crippen molar-refractivity contribution in [1.82, 2.24) is 15.3 Å². The molecule has 0 aliphatic heterocycles. The Morgan fingerprint density at radius 2 is 1.88 bits per heavy atom. The number of aryl methyl sites for hydroxylation is 1. The van der Waals surface area contributed by atoms with Gasteiger partial charge in [0.15, 0.2) is 11.5 Å². The molecule has 0 aliphatic carbocycles. The first-order valence-corrected chi connectivity index (χ1v) is 8.16. The zero-order chi connectivity index (χ0) is 18.2. The first-order valence-electron chi connectivity index (χ1n) is 8.16. The number of carbonyl (C=O) groups excluding carboxylic acids is 1. The van der Waals surface area contributed by atoms with Gasteiger partial charge in [0.2, 0.25) is 0 Å². The maximum atomic E-state index is 12.4. The first-order chi connectivity index (χ1) is 12.1. The molecule has 1 heterocycles. The van der Waals surface area contributed by atoms with Gasteiger partial charge in [-0.05, 0) is 31.0 Å². The van der Waals surface area contributed by atoms with Gasteiger partial charge in [-0.15, -0.1) is 0 Å². The number of hydrogen-bond acceptors (Lipinski definition) is 6. The highest BCUT2D eigenvalue weighted by atomic mass is 16.5. The lowest BCUT2D eigenvalue weighted by molar-refractivity contribution is 0.0945. The summed E-state index contributed by atoms with van der Waals surface area (Å²) in [5, 5.41) is 6.03. The van der Waals surface area contributed by atoms with Gasteiger partial charge in [0.1, 0.15) is 17.3 Å². The second-order valence-corrected chi connectivity index (χ2v) is 5.48. The molecule has 0 radical (unpaired) electrons. The molecular weight excluding hydrogens is 320 g/mol. The summed E-state index contributed by atoms with van der Waals surface area (Å²) < 4.78 is 10.5. The Morgan fingerprint density at radius 1 is 1.12 bits per heavy atom. The summed E-state index contributed by atoms with van der Waals surface area (Å²) in [5.74, 6) is 2.23. The predicted octanol–water partition coefficient (Wildman–Crippen LogP) is 2.55. The molecular formula is C18H24N4O3. The average molecular weight is 344 g/mol. The highest BCUT2D eigenvalue weighted by Crippen LogP contribution is 2.27. The fourth-order valence-corrected chi connectivity index (χ4v) is 2.29. The van der Waals surface area contributed by atoms with Crippen molar-refractivity contribution in [1.29, 1.82) is 0 Å². The number of nitrogens with one attached hydrogen (secondary N) is 2. The maximum Gasteiger partial charge on any atom is 0.270 e. The fraction of sp³-hybridized carbons (Fsp3) is 0.389. The van der Waals surface area contributed by atoms with Gasteiger partial charge in [-0.2, -0.15) is 0 Å². The smallest absolute Gasteiger partial charge is 0.270 e. The summed E-state index contributed by atoms with van der Waals surface area (Å²) in [6, 6.07) is 7.17. The van der Waals surface area contributed by atoms with E-state index in [0.29, 0.717) is 35.4 Å². The minimum absolute atomic E-state index is 0.250. The molecule has 1 aromatic carbocycles. The van der Waals surface area contributed by atoms with Gasteiger partial charge in [-0.3, -0.25) is 4.79 Å². The van der Waals surface area contributed by atoms with Crippen LogP contribution in [0.5, 0.6) is 11.5 Å². The molecule has 7 nitrogen and oxygen atoms in total. The van der Waals surface area contributed by atoms with E-state index in [1.165, 1.54) is 0 Å². The maximum absolute atomic E-state index is 12.4. The number of aromatic nitrogens is 2. The quantitative estimate of drug-likeness (QED) is 0.765. The second kappa shape index (κ2) is 8.86. The standard InChI is InChI=1S/C18H24N4O3/c1-5-8-19-17-10-14(21-12(2)22-17)18(23)20-11-13-6-7-15(24-3)16(9-13)25-4/h6-7,9-10H,5,8,11H2,1-4H3,(H,20,23)(H,19,21,22). The normalized spacial score (nSPS) is 10.2. The lowest BCUT2D eigenvalue weighted by atomic mass is 10.2. The van der Waals surface area contributed by atoms with Gasteiger partial charge in [-0.1, -0.05) is 13.0 Å². The zero-order valence-corrected chi connectivity index (χ0v) is 15.0. The Labute approximate surface area is 147 Å². The summed E-state index contributed by atoms with van der Waals surface area (Å²) >= 11 is 0. The van der Waals surface area contributed by atoms with Gasteiger partial charge in [0.05, 0.1) is 14.2 Å². The zero-order valence-electron chi connectivity index (χ0n) is 15.0. The molecule has 2 N–H and O–H groups in total. The van der Waals surface area contributed by atoms with Gasteiger partial charge in [0, 0.05) is 19.2 Å². The summed E-state index contributed by atoms with van der Waals surface area (Å²) in [7, 11) is 3.16. The van der Waals surface area contributed by atoms with Crippen molar-refractivity contribution in [2.24, 2.45) is 0 Å². The van der Waals surface area contributed by atoms with Crippen LogP contribution in [-0.4, -0.2) is 36.6 Å². The minimum Gasteiger partial charge on any atom is -0.493 e. The molecule has 0 aliphatic rings. The lowest BCUT2D eigenvalue weighted by Crippen LogP contribution is -2.24. The van der Waals surface area contributed by atoms with E-state index >= 15 is 0 Å². The molecule has 0 saturated carbocycles. The lowest BCUT2D eigenvalue weighted by Gasteiger charge is -2.11. The van der Waals surface area contributed by atoms with Crippen molar-refractivity contribution < 1.29 is 14.3 Å². The molecule has 0 atom stereocenters. The van der Waals surface area contributed by atoms with E-state index in [1.54, 1.807) is 27.2 Å². The van der Waals surface area contributed by atoms with E-state index in [4.69, 9.17) is 9.47 Å². The third-order valence-electron chi connectivity index (χ3n) is 3.53. The van der Waals surface area contributed by atoms with E-state index in [0.717, 1.165) is 18.5 Å². The molecule has 0 spiro atoms. The van der Waals surface area contributed by atoms with Crippen molar-refractivity contribution in [2.75, 3.05) is 26.1 Å². The molecule has 2 aromatic rings. The summed E-state index contributed by atoms with van der Waals surface area (Å²) in [4.78, 5) is 20.9. The van der Waals surface area contributed by atoms with Crippen molar-refractivity contribution in [3.05, 3.63) is 41.3 Å². The Morgan fingerprint density at radius 3 is 2.56 bits per heavy atom. The highest BCUT2D eigenvalue weighted by Gasteiger charge is 2.11. The van der Waals surface area contributed by atoms with E-state index in [-0.39, 0.29) is 5.91 Å². The number of rotatable bonds is 8. The van der Waals surface area contributed by atoms with E-state index in [1.807, 2.05) is 18.2 Å². The van der Waals surface area contributed by atoms with E-state index in [2.05, 4.69) is 27.5 Å². The molecule has 1 amide bonds. The number of benzene rings is 1. The van der Waals surface area contributed by atoms with Crippen LogP contribution in [0.25, 0.3) is 0 Å².